The van der Waals surface area contributed by atoms with E-state index in [1.807, 2.05) is 0 Å². The van der Waals surface area contributed by atoms with E-state index in [-0.39, 0.29) is 11.6 Å². The number of hydrogen-bond donors (Lipinski definition) is 2. The number of urea groups is 1. The molecule has 0 aromatic carbocycles. The zero-order chi connectivity index (χ0) is 10.1. The van der Waals surface area contributed by atoms with Crippen LogP contribution in [0, 0.1) is 0 Å². The number of amides is 2. The van der Waals surface area contributed by atoms with Crippen molar-refractivity contribution in [2.75, 3.05) is 5.32 Å². The van der Waals surface area contributed by atoms with Crippen molar-refractivity contribution in [1.29, 1.82) is 0 Å². The maximum Gasteiger partial charge on any atom is 0.317 e. The summed E-state index contributed by atoms with van der Waals surface area (Å²) in [6.45, 7) is 2.64. The Morgan fingerprint density at radius 1 is 1.77 bits per heavy atom. The summed E-state index contributed by atoms with van der Waals surface area (Å²) in [4.78, 5) is 10.4. The molecule has 0 aliphatic carbocycles. The lowest BCUT2D eigenvalue weighted by Gasteiger charge is -2.07. The molecule has 0 saturated heterocycles. The quantitative estimate of drug-likeness (QED) is 0.733. The molecule has 2 amide bonds. The predicted octanol–water partition coefficient (Wildman–Crippen LogP) is 1.37. The summed E-state index contributed by atoms with van der Waals surface area (Å²) in [5.41, 5.74) is 3.20. The molecule has 0 fully saturated rings. The molecular formula is C7H10FN3O2. The van der Waals surface area contributed by atoms with Gasteiger partial charge in [0.05, 0.1) is 0 Å². The molecule has 0 aliphatic heterocycles. The Balaban J connectivity index is 2.81. The molecule has 13 heavy (non-hydrogen) atoms. The summed E-state index contributed by atoms with van der Waals surface area (Å²) in [6.07, 6.45) is 0. The topological polar surface area (TPSA) is 81.1 Å². The molecule has 3 N–H and O–H groups in total. The van der Waals surface area contributed by atoms with Gasteiger partial charge in [-0.25, -0.2) is 9.18 Å². The first-order chi connectivity index (χ1) is 5.89. The number of carbonyl (C=O) groups is 1. The molecule has 0 bridgehead atoms. The van der Waals surface area contributed by atoms with Crippen molar-refractivity contribution in [2.45, 2.75) is 19.5 Å². The molecule has 0 unspecified atom stereocenters. The predicted molar refractivity (Wildman–Crippen MR) is 43.8 cm³/mol. The van der Waals surface area contributed by atoms with Crippen LogP contribution in [0.3, 0.4) is 0 Å². The summed E-state index contributed by atoms with van der Waals surface area (Å²) in [5.74, 6) is 0.143. The first-order valence-corrected chi connectivity index (χ1v) is 3.62. The van der Waals surface area contributed by atoms with E-state index in [0.29, 0.717) is 0 Å². The third-order valence-electron chi connectivity index (χ3n) is 1.35. The van der Waals surface area contributed by atoms with Crippen LogP contribution in [0.2, 0.25) is 0 Å². The van der Waals surface area contributed by atoms with E-state index in [1.165, 1.54) is 19.9 Å². The maximum atomic E-state index is 13.2. The van der Waals surface area contributed by atoms with Gasteiger partial charge in [-0.2, -0.15) is 0 Å². The molecular weight excluding hydrogens is 177 g/mol. The normalized spacial score (nSPS) is 11.3. The van der Waals surface area contributed by atoms with Crippen LogP contribution >= 0.6 is 0 Å². The highest BCUT2D eigenvalue weighted by atomic mass is 19.1. The summed E-state index contributed by atoms with van der Waals surface area (Å²) in [6, 6.07) is 0.515. The summed E-state index contributed by atoms with van der Waals surface area (Å²) in [5, 5.41) is 5.56. The number of hydrogen-bond acceptors (Lipinski definition) is 3. The zero-order valence-electron chi connectivity index (χ0n) is 7.30. The van der Waals surface area contributed by atoms with Gasteiger partial charge in [-0.1, -0.05) is 5.16 Å². The molecule has 1 heterocycles. The fourth-order valence-corrected chi connectivity index (χ4v) is 0.741. The summed E-state index contributed by atoms with van der Waals surface area (Å²) in [7, 11) is 0. The minimum Gasteiger partial charge on any atom is -0.356 e. The van der Waals surface area contributed by atoms with Gasteiger partial charge >= 0.3 is 6.03 Å². The van der Waals surface area contributed by atoms with Crippen molar-refractivity contribution < 1.29 is 13.7 Å². The number of nitrogens with two attached hydrogens (primary N) is 1. The SMILES string of the molecule is CC(C)(F)c1cc(NC(N)=O)no1. The second kappa shape index (κ2) is 3.04. The van der Waals surface area contributed by atoms with E-state index < -0.39 is 11.7 Å². The molecule has 1 aromatic rings. The first kappa shape index (κ1) is 9.50. The van der Waals surface area contributed by atoms with E-state index in [1.54, 1.807) is 0 Å². The molecule has 0 saturated carbocycles. The number of carbonyl (C=O) groups excluding carboxylic acids is 1. The Bertz CT molecular complexity index is 316. The van der Waals surface area contributed by atoms with Crippen LogP contribution in [0.5, 0.6) is 0 Å². The van der Waals surface area contributed by atoms with E-state index in [9.17, 15) is 9.18 Å². The zero-order valence-corrected chi connectivity index (χ0v) is 7.30. The number of nitrogens with zero attached hydrogens (tertiary/aromatic N) is 1. The molecule has 6 heteroatoms. The minimum atomic E-state index is -1.62. The van der Waals surface area contributed by atoms with E-state index >= 15 is 0 Å². The first-order valence-electron chi connectivity index (χ1n) is 3.62. The molecule has 5 nitrogen and oxygen atoms in total. The van der Waals surface area contributed by atoms with Crippen LogP contribution in [-0.2, 0) is 5.67 Å². The molecule has 0 aliphatic rings. The average molecular weight is 187 g/mol. The van der Waals surface area contributed by atoms with Crippen molar-refractivity contribution in [3.8, 4) is 0 Å². The largest absolute Gasteiger partial charge is 0.356 e. The Kier molecular flexibility index (Phi) is 2.22. The monoisotopic (exact) mass is 187 g/mol. The highest BCUT2D eigenvalue weighted by Gasteiger charge is 2.24. The molecule has 1 rings (SSSR count). The van der Waals surface area contributed by atoms with E-state index in [4.69, 9.17) is 5.73 Å². The lowest BCUT2D eigenvalue weighted by molar-refractivity contribution is 0.163. The van der Waals surface area contributed by atoms with Gasteiger partial charge in [0.2, 0.25) is 0 Å². The third-order valence-corrected chi connectivity index (χ3v) is 1.35. The van der Waals surface area contributed by atoms with Crippen LogP contribution in [0.25, 0.3) is 0 Å². The van der Waals surface area contributed by atoms with Crippen molar-refractivity contribution in [1.82, 2.24) is 5.16 Å². The van der Waals surface area contributed by atoms with Crippen molar-refractivity contribution in [3.63, 3.8) is 0 Å². The van der Waals surface area contributed by atoms with Crippen LogP contribution in [0.1, 0.15) is 19.6 Å². The van der Waals surface area contributed by atoms with Gasteiger partial charge in [0, 0.05) is 6.07 Å². The molecule has 0 atom stereocenters. The van der Waals surface area contributed by atoms with Crippen molar-refractivity contribution >= 4 is 11.8 Å². The van der Waals surface area contributed by atoms with Crippen molar-refractivity contribution in [2.24, 2.45) is 5.73 Å². The Hall–Kier alpha value is -1.59. The van der Waals surface area contributed by atoms with Crippen LogP contribution in [0.15, 0.2) is 10.6 Å². The summed E-state index contributed by atoms with van der Waals surface area (Å²) >= 11 is 0. The van der Waals surface area contributed by atoms with E-state index in [0.717, 1.165) is 0 Å². The third kappa shape index (κ3) is 2.43. The average Bonchev–Trinajstić information content (AvgIpc) is 2.32. The van der Waals surface area contributed by atoms with Gasteiger partial charge in [0.25, 0.3) is 0 Å². The smallest absolute Gasteiger partial charge is 0.317 e. The summed E-state index contributed by atoms with van der Waals surface area (Å²) < 4.78 is 17.8. The van der Waals surface area contributed by atoms with Gasteiger partial charge in [-0.15, -0.1) is 0 Å². The van der Waals surface area contributed by atoms with Gasteiger partial charge in [-0.05, 0) is 13.8 Å². The number of aromatic nitrogens is 1. The number of nitrogens with one attached hydrogen (secondary N) is 1. The molecule has 72 valence electrons. The van der Waals surface area contributed by atoms with Crippen LogP contribution in [0.4, 0.5) is 15.0 Å². The number of anilines is 1. The van der Waals surface area contributed by atoms with Gasteiger partial charge in [0.1, 0.15) is 0 Å². The second-order valence-electron chi connectivity index (χ2n) is 3.04. The van der Waals surface area contributed by atoms with Crippen LogP contribution < -0.4 is 11.1 Å². The number of primary amides is 1. The van der Waals surface area contributed by atoms with Crippen LogP contribution in [-0.4, -0.2) is 11.2 Å². The van der Waals surface area contributed by atoms with Gasteiger partial charge < -0.3 is 10.3 Å². The van der Waals surface area contributed by atoms with Crippen molar-refractivity contribution in [3.05, 3.63) is 11.8 Å². The maximum absolute atomic E-state index is 13.2. The lowest BCUT2D eigenvalue weighted by Crippen LogP contribution is -2.19. The number of rotatable bonds is 2. The fraction of sp³-hybridized carbons (Fsp3) is 0.429. The Labute approximate surface area is 74.1 Å². The molecule has 0 spiro atoms. The van der Waals surface area contributed by atoms with Gasteiger partial charge in [-0.3, -0.25) is 5.32 Å². The Morgan fingerprint density at radius 3 is 2.77 bits per heavy atom. The van der Waals surface area contributed by atoms with Gasteiger partial charge in [0.15, 0.2) is 17.2 Å². The standard InChI is InChI=1S/C7H10FN3O2/c1-7(2,8)4-3-5(11-13-4)10-6(9)12/h3H,1-2H3,(H3,9,10,11,12). The lowest BCUT2D eigenvalue weighted by atomic mass is 10.1. The van der Waals surface area contributed by atoms with E-state index in [2.05, 4.69) is 15.0 Å². The number of alkyl halides is 1. The fourth-order valence-electron chi connectivity index (χ4n) is 0.741. The highest BCUT2D eigenvalue weighted by Crippen LogP contribution is 2.26. The second-order valence-corrected chi connectivity index (χ2v) is 3.04. The minimum absolute atomic E-state index is 0.0382. The molecule has 1 aromatic heterocycles. The Morgan fingerprint density at radius 2 is 2.38 bits per heavy atom. The highest BCUT2D eigenvalue weighted by molar-refractivity contribution is 5.86. The molecule has 0 radical (unpaired) electrons. The number of halogens is 1.